The maximum Gasteiger partial charge on any atom is 0.0329 e. The summed E-state index contributed by atoms with van der Waals surface area (Å²) in [5.74, 6) is 2.38. The molecule has 1 aliphatic heterocycles. The van der Waals surface area contributed by atoms with Crippen LogP contribution >= 0.6 is 11.8 Å². The van der Waals surface area contributed by atoms with Crippen molar-refractivity contribution in [3.05, 3.63) is 12.3 Å². The monoisotopic (exact) mass is 159 g/mol. The molecule has 1 nitrogen and oxygen atoms in total. The lowest BCUT2D eigenvalue weighted by molar-refractivity contribution is 0.443. The van der Waals surface area contributed by atoms with Crippen LogP contribution in [0.15, 0.2) is 12.3 Å². The molecule has 0 aromatic carbocycles. The number of hydrogen-bond acceptors (Lipinski definition) is 2. The van der Waals surface area contributed by atoms with Crippen molar-refractivity contribution < 1.29 is 0 Å². The van der Waals surface area contributed by atoms with Crippen molar-refractivity contribution in [1.29, 1.82) is 0 Å². The Hall–Kier alpha value is -0.110. The van der Waals surface area contributed by atoms with E-state index in [1.807, 2.05) is 25.6 Å². The van der Waals surface area contributed by atoms with E-state index in [0.717, 1.165) is 5.75 Å². The third-order valence-electron chi connectivity index (χ3n) is 1.38. The fourth-order valence-electron chi connectivity index (χ4n) is 0.660. The van der Waals surface area contributed by atoms with E-state index in [0.29, 0.717) is 0 Å². The van der Waals surface area contributed by atoms with Crippen molar-refractivity contribution in [3.63, 3.8) is 0 Å². The Morgan fingerprint density at radius 1 is 1.50 bits per heavy atom. The first-order valence-electron chi connectivity index (χ1n) is 3.77. The van der Waals surface area contributed by atoms with Crippen LogP contribution in [0.1, 0.15) is 13.8 Å². The summed E-state index contributed by atoms with van der Waals surface area (Å²) < 4.78 is 0. The van der Waals surface area contributed by atoms with Crippen LogP contribution in [0, 0.1) is 0 Å². The van der Waals surface area contributed by atoms with Gasteiger partial charge in [0.05, 0.1) is 0 Å². The topological polar surface area (TPSA) is 3.24 Å². The molecule has 0 aromatic heterocycles. The van der Waals surface area contributed by atoms with Crippen LogP contribution in [0.4, 0.5) is 0 Å². The molecule has 0 radical (unpaired) electrons. The fraction of sp³-hybridized carbons (Fsp3) is 0.750. The van der Waals surface area contributed by atoms with Gasteiger partial charge >= 0.3 is 0 Å². The number of thioether (sulfide) groups is 1. The summed E-state index contributed by atoms with van der Waals surface area (Å²) in [5, 5.41) is 0. The van der Waals surface area contributed by atoms with Crippen LogP contribution in [0.3, 0.4) is 0 Å². The minimum absolute atomic E-state index is 1.12. The van der Waals surface area contributed by atoms with Gasteiger partial charge in [-0.1, -0.05) is 20.4 Å². The van der Waals surface area contributed by atoms with E-state index in [1.165, 1.54) is 18.0 Å². The van der Waals surface area contributed by atoms with Gasteiger partial charge in [0, 0.05) is 30.8 Å². The van der Waals surface area contributed by atoms with Gasteiger partial charge in [0.1, 0.15) is 0 Å². The summed E-state index contributed by atoms with van der Waals surface area (Å²) in [6.07, 6.45) is 0. The van der Waals surface area contributed by atoms with Gasteiger partial charge in [-0.3, -0.25) is 0 Å². The normalized spacial score (nSPS) is 17.9. The third-order valence-corrected chi connectivity index (χ3v) is 2.39. The van der Waals surface area contributed by atoms with Gasteiger partial charge in [-0.05, 0) is 0 Å². The zero-order valence-electron chi connectivity index (χ0n) is 7.18. The molecule has 1 fully saturated rings. The van der Waals surface area contributed by atoms with Crippen LogP contribution < -0.4 is 0 Å². The van der Waals surface area contributed by atoms with E-state index in [-0.39, 0.29) is 0 Å². The van der Waals surface area contributed by atoms with E-state index < -0.39 is 0 Å². The molecule has 10 heavy (non-hydrogen) atoms. The summed E-state index contributed by atoms with van der Waals surface area (Å²) >= 11 is 1.97. The molecule has 60 valence electrons. The van der Waals surface area contributed by atoms with E-state index in [9.17, 15) is 0 Å². The minimum Gasteiger partial charge on any atom is -0.377 e. The first kappa shape index (κ1) is 9.89. The lowest BCUT2D eigenvalue weighted by atomic mass is 10.5. The molecular formula is C8H17NS. The standard InChI is InChI=1S/C6H11NS.C2H6/c1-6-5-8-4-3-7(6)2;1-2/h1,3-5H2,2H3;1-2H3. The summed E-state index contributed by atoms with van der Waals surface area (Å²) in [6.45, 7) is 9.07. The maximum atomic E-state index is 3.90. The zero-order valence-corrected chi connectivity index (χ0v) is 8.00. The Kier molecular flexibility index (Phi) is 5.60. The van der Waals surface area contributed by atoms with E-state index >= 15 is 0 Å². The Bertz CT molecular complexity index is 101. The van der Waals surface area contributed by atoms with Gasteiger partial charge in [0.2, 0.25) is 0 Å². The lowest BCUT2D eigenvalue weighted by Crippen LogP contribution is -2.25. The SMILES string of the molecule is C=C1CSCCN1C.CC. The van der Waals surface area contributed by atoms with Crippen molar-refractivity contribution in [2.75, 3.05) is 25.1 Å². The number of hydrogen-bond donors (Lipinski definition) is 0. The van der Waals surface area contributed by atoms with Crippen LogP contribution in [-0.4, -0.2) is 30.0 Å². The molecule has 1 rings (SSSR count). The highest BCUT2D eigenvalue weighted by molar-refractivity contribution is 7.99. The van der Waals surface area contributed by atoms with Crippen LogP contribution in [0.25, 0.3) is 0 Å². The van der Waals surface area contributed by atoms with Crippen molar-refractivity contribution in [1.82, 2.24) is 4.90 Å². The highest BCUT2D eigenvalue weighted by Crippen LogP contribution is 2.14. The maximum absolute atomic E-state index is 3.90. The number of rotatable bonds is 0. The Morgan fingerprint density at radius 3 is 2.40 bits per heavy atom. The first-order valence-corrected chi connectivity index (χ1v) is 4.93. The van der Waals surface area contributed by atoms with Crippen LogP contribution in [0.2, 0.25) is 0 Å². The van der Waals surface area contributed by atoms with E-state index in [2.05, 4.69) is 18.5 Å². The third kappa shape index (κ3) is 3.16. The predicted molar refractivity (Wildman–Crippen MR) is 50.4 cm³/mol. The molecule has 0 aliphatic carbocycles. The summed E-state index contributed by atoms with van der Waals surface area (Å²) in [6, 6.07) is 0. The molecule has 0 N–H and O–H groups in total. The average molecular weight is 159 g/mol. The van der Waals surface area contributed by atoms with E-state index in [1.54, 1.807) is 0 Å². The zero-order chi connectivity index (χ0) is 7.98. The van der Waals surface area contributed by atoms with Gasteiger partial charge in [-0.2, -0.15) is 11.8 Å². The molecule has 0 atom stereocenters. The van der Waals surface area contributed by atoms with Gasteiger partial charge in [0.25, 0.3) is 0 Å². The van der Waals surface area contributed by atoms with Gasteiger partial charge in [0.15, 0.2) is 0 Å². The van der Waals surface area contributed by atoms with Gasteiger partial charge in [-0.15, -0.1) is 0 Å². The smallest absolute Gasteiger partial charge is 0.0329 e. The predicted octanol–water partition coefficient (Wildman–Crippen LogP) is 2.20. The molecule has 0 aromatic rings. The van der Waals surface area contributed by atoms with Crippen LogP contribution in [-0.2, 0) is 0 Å². The second-order valence-electron chi connectivity index (χ2n) is 2.04. The fourth-order valence-corrected chi connectivity index (χ4v) is 1.66. The summed E-state index contributed by atoms with van der Waals surface area (Å²) in [4.78, 5) is 2.22. The summed E-state index contributed by atoms with van der Waals surface area (Å²) in [5.41, 5.74) is 1.27. The van der Waals surface area contributed by atoms with Crippen molar-refractivity contribution in [3.8, 4) is 0 Å². The second kappa shape index (κ2) is 5.66. The van der Waals surface area contributed by atoms with Gasteiger partial charge in [-0.25, -0.2) is 0 Å². The Balaban J connectivity index is 0.000000371. The second-order valence-corrected chi connectivity index (χ2v) is 3.15. The highest BCUT2D eigenvalue weighted by atomic mass is 32.2. The minimum atomic E-state index is 1.12. The molecule has 2 heteroatoms. The first-order chi connectivity index (χ1) is 4.80. The molecule has 0 unspecified atom stereocenters. The number of nitrogens with zero attached hydrogens (tertiary/aromatic N) is 1. The van der Waals surface area contributed by atoms with Crippen LogP contribution in [0.5, 0.6) is 0 Å². The van der Waals surface area contributed by atoms with Gasteiger partial charge < -0.3 is 4.90 Å². The Morgan fingerprint density at radius 2 is 2.10 bits per heavy atom. The molecule has 0 saturated carbocycles. The summed E-state index contributed by atoms with van der Waals surface area (Å²) in [7, 11) is 2.10. The van der Waals surface area contributed by atoms with Crippen molar-refractivity contribution in [2.24, 2.45) is 0 Å². The molecule has 1 heterocycles. The highest BCUT2D eigenvalue weighted by Gasteiger charge is 2.06. The molecule has 1 aliphatic rings. The largest absolute Gasteiger partial charge is 0.377 e. The molecular weight excluding hydrogens is 142 g/mol. The molecule has 0 spiro atoms. The molecule has 0 bridgehead atoms. The molecule has 1 saturated heterocycles. The van der Waals surface area contributed by atoms with Crippen molar-refractivity contribution >= 4 is 11.8 Å². The quantitative estimate of drug-likeness (QED) is 0.533. The molecule has 0 amide bonds. The Labute approximate surface area is 68.5 Å². The lowest BCUT2D eigenvalue weighted by Gasteiger charge is -2.25. The van der Waals surface area contributed by atoms with Crippen molar-refractivity contribution in [2.45, 2.75) is 13.8 Å². The van der Waals surface area contributed by atoms with E-state index in [4.69, 9.17) is 0 Å². The average Bonchev–Trinajstić information content (AvgIpc) is 2.00.